The molecule has 1 fully saturated rings. The summed E-state index contributed by atoms with van der Waals surface area (Å²) < 4.78 is 1.65. The monoisotopic (exact) mass is 421 g/mol. The Bertz CT molecular complexity index is 1100. The molecule has 1 aromatic carbocycles. The molecule has 0 radical (unpaired) electrons. The van der Waals surface area contributed by atoms with E-state index in [0.717, 1.165) is 12.0 Å². The summed E-state index contributed by atoms with van der Waals surface area (Å²) in [4.78, 5) is 32.6. The van der Waals surface area contributed by atoms with Crippen LogP contribution in [0.2, 0.25) is 0 Å². The van der Waals surface area contributed by atoms with Crippen molar-refractivity contribution in [1.82, 2.24) is 25.1 Å². The Balaban J connectivity index is 1.38. The van der Waals surface area contributed by atoms with Crippen molar-refractivity contribution < 1.29 is 14.7 Å². The molecule has 10 heteroatoms. The highest BCUT2D eigenvalue weighted by atomic mass is 16.3. The van der Waals surface area contributed by atoms with Gasteiger partial charge >= 0.3 is 0 Å². The van der Waals surface area contributed by atoms with Crippen LogP contribution in [-0.4, -0.2) is 48.8 Å². The summed E-state index contributed by atoms with van der Waals surface area (Å²) in [6.45, 7) is 0.423. The fourth-order valence-electron chi connectivity index (χ4n) is 3.58. The SMILES string of the molecule is Nc1nccnc1C(=O)Nc1cnn(Cc2cccc(C(=O)N[C@@H]3CC[C@H](O)C3)c2)c1. The van der Waals surface area contributed by atoms with Crippen molar-refractivity contribution in [2.75, 3.05) is 11.1 Å². The average Bonchev–Trinajstić information content (AvgIpc) is 3.36. The Labute approximate surface area is 178 Å². The highest BCUT2D eigenvalue weighted by Gasteiger charge is 2.24. The molecule has 0 bridgehead atoms. The molecule has 2 aromatic heterocycles. The number of rotatable bonds is 6. The quantitative estimate of drug-likeness (QED) is 0.467. The van der Waals surface area contributed by atoms with Crippen LogP contribution in [0.25, 0.3) is 0 Å². The number of anilines is 2. The number of nitrogens with two attached hydrogens (primary N) is 1. The molecule has 2 heterocycles. The van der Waals surface area contributed by atoms with Gasteiger partial charge in [-0.3, -0.25) is 14.3 Å². The van der Waals surface area contributed by atoms with Crippen LogP contribution < -0.4 is 16.4 Å². The van der Waals surface area contributed by atoms with E-state index in [0.29, 0.717) is 30.6 Å². The molecule has 3 aromatic rings. The van der Waals surface area contributed by atoms with Gasteiger partial charge in [-0.15, -0.1) is 0 Å². The standard InChI is InChI=1S/C21H23N7O3/c22-19-18(23-6-7-24-19)21(31)27-16-10-25-28(12-16)11-13-2-1-3-14(8-13)20(30)26-15-4-5-17(29)9-15/h1-3,6-8,10,12,15,17,29H,4-5,9,11H2,(H2,22,24)(H,26,30)(H,27,31)/t15-,17+/m1/s1. The third-order valence-electron chi connectivity index (χ3n) is 5.11. The number of hydrogen-bond acceptors (Lipinski definition) is 7. The average molecular weight is 421 g/mol. The Morgan fingerprint density at radius 2 is 2.03 bits per heavy atom. The van der Waals surface area contributed by atoms with Gasteiger partial charge in [0.05, 0.1) is 24.5 Å². The predicted octanol–water partition coefficient (Wildman–Crippen LogP) is 1.20. The van der Waals surface area contributed by atoms with Crippen molar-refractivity contribution in [3.05, 3.63) is 65.9 Å². The minimum absolute atomic E-state index is 0.00628. The van der Waals surface area contributed by atoms with Gasteiger partial charge in [0.25, 0.3) is 11.8 Å². The van der Waals surface area contributed by atoms with Gasteiger partial charge in [-0.2, -0.15) is 5.10 Å². The Morgan fingerprint density at radius 1 is 1.19 bits per heavy atom. The molecular weight excluding hydrogens is 398 g/mol. The maximum atomic E-state index is 12.5. The number of hydrogen-bond donors (Lipinski definition) is 4. The first kappa shape index (κ1) is 20.5. The summed E-state index contributed by atoms with van der Waals surface area (Å²) >= 11 is 0. The highest BCUT2D eigenvalue weighted by Crippen LogP contribution is 2.19. The van der Waals surface area contributed by atoms with Crippen LogP contribution in [0, 0.1) is 0 Å². The van der Waals surface area contributed by atoms with Gasteiger partial charge in [-0.05, 0) is 37.0 Å². The van der Waals surface area contributed by atoms with Crippen LogP contribution >= 0.6 is 0 Å². The van der Waals surface area contributed by atoms with Gasteiger partial charge in [-0.25, -0.2) is 9.97 Å². The van der Waals surface area contributed by atoms with E-state index in [4.69, 9.17) is 5.73 Å². The lowest BCUT2D eigenvalue weighted by molar-refractivity contribution is 0.0933. The number of aromatic nitrogens is 4. The maximum Gasteiger partial charge on any atom is 0.278 e. The van der Waals surface area contributed by atoms with Crippen LogP contribution in [0.1, 0.15) is 45.7 Å². The predicted molar refractivity (Wildman–Crippen MR) is 113 cm³/mol. The van der Waals surface area contributed by atoms with E-state index >= 15 is 0 Å². The van der Waals surface area contributed by atoms with E-state index in [1.807, 2.05) is 12.1 Å². The van der Waals surface area contributed by atoms with E-state index in [1.54, 1.807) is 23.0 Å². The third-order valence-corrected chi connectivity index (χ3v) is 5.11. The molecule has 4 rings (SSSR count). The van der Waals surface area contributed by atoms with E-state index in [-0.39, 0.29) is 29.6 Å². The Kier molecular flexibility index (Phi) is 5.89. The van der Waals surface area contributed by atoms with Crippen LogP contribution in [-0.2, 0) is 6.54 Å². The van der Waals surface area contributed by atoms with E-state index in [2.05, 4.69) is 25.7 Å². The summed E-state index contributed by atoms with van der Waals surface area (Å²) in [5.74, 6) is -0.577. The number of benzene rings is 1. The molecule has 1 aliphatic carbocycles. The summed E-state index contributed by atoms with van der Waals surface area (Å²) in [6, 6.07) is 7.28. The second kappa shape index (κ2) is 8.92. The number of nitrogens with zero attached hydrogens (tertiary/aromatic N) is 4. The highest BCUT2D eigenvalue weighted by molar-refractivity contribution is 6.05. The number of carbonyl (C=O) groups excluding carboxylic acids is 2. The number of amides is 2. The summed E-state index contributed by atoms with van der Waals surface area (Å²) in [6.07, 6.45) is 7.76. The molecule has 1 aliphatic rings. The number of nitrogen functional groups attached to an aromatic ring is 1. The van der Waals surface area contributed by atoms with Crippen molar-refractivity contribution in [2.24, 2.45) is 0 Å². The molecule has 10 nitrogen and oxygen atoms in total. The Morgan fingerprint density at radius 3 is 2.81 bits per heavy atom. The zero-order chi connectivity index (χ0) is 21.8. The largest absolute Gasteiger partial charge is 0.393 e. The van der Waals surface area contributed by atoms with Crippen LogP contribution in [0.15, 0.2) is 49.1 Å². The third kappa shape index (κ3) is 5.04. The lowest BCUT2D eigenvalue weighted by atomic mass is 10.1. The number of nitrogens with one attached hydrogen (secondary N) is 2. The molecule has 31 heavy (non-hydrogen) atoms. The molecular formula is C21H23N7O3. The zero-order valence-electron chi connectivity index (χ0n) is 16.7. The van der Waals surface area contributed by atoms with Crippen LogP contribution in [0.4, 0.5) is 11.5 Å². The first-order valence-electron chi connectivity index (χ1n) is 9.96. The molecule has 0 aliphatic heterocycles. The van der Waals surface area contributed by atoms with Crippen LogP contribution in [0.5, 0.6) is 0 Å². The topological polar surface area (TPSA) is 148 Å². The normalized spacial score (nSPS) is 18.0. The van der Waals surface area contributed by atoms with Gasteiger partial charge in [-0.1, -0.05) is 12.1 Å². The van der Waals surface area contributed by atoms with Crippen molar-refractivity contribution in [3.8, 4) is 0 Å². The van der Waals surface area contributed by atoms with Crippen molar-refractivity contribution >= 4 is 23.3 Å². The second-order valence-electron chi connectivity index (χ2n) is 7.51. The molecule has 2 atom stereocenters. The molecule has 0 spiro atoms. The summed E-state index contributed by atoms with van der Waals surface area (Å²) in [5.41, 5.74) is 7.65. The zero-order valence-corrected chi connectivity index (χ0v) is 16.7. The minimum atomic E-state index is -0.471. The van der Waals surface area contributed by atoms with Crippen molar-refractivity contribution in [2.45, 2.75) is 38.0 Å². The number of aliphatic hydroxyl groups is 1. The van der Waals surface area contributed by atoms with Crippen molar-refractivity contribution in [1.29, 1.82) is 0 Å². The first-order valence-corrected chi connectivity index (χ1v) is 9.96. The maximum absolute atomic E-state index is 12.5. The lowest BCUT2D eigenvalue weighted by Gasteiger charge is -2.13. The number of carbonyl (C=O) groups is 2. The smallest absolute Gasteiger partial charge is 0.278 e. The molecule has 0 saturated heterocycles. The van der Waals surface area contributed by atoms with E-state index < -0.39 is 5.91 Å². The second-order valence-corrected chi connectivity index (χ2v) is 7.51. The van der Waals surface area contributed by atoms with Gasteiger partial charge in [0.1, 0.15) is 0 Å². The Hall–Kier alpha value is -3.79. The minimum Gasteiger partial charge on any atom is -0.393 e. The van der Waals surface area contributed by atoms with Gasteiger partial charge < -0.3 is 21.5 Å². The van der Waals surface area contributed by atoms with Gasteiger partial charge in [0.2, 0.25) is 0 Å². The molecule has 1 saturated carbocycles. The molecule has 160 valence electrons. The van der Waals surface area contributed by atoms with E-state index in [1.165, 1.54) is 18.6 Å². The molecule has 2 amide bonds. The lowest BCUT2D eigenvalue weighted by Crippen LogP contribution is -2.33. The number of aliphatic hydroxyl groups excluding tert-OH is 1. The molecule has 0 unspecified atom stereocenters. The fourth-order valence-corrected chi connectivity index (χ4v) is 3.58. The van der Waals surface area contributed by atoms with Crippen molar-refractivity contribution in [3.63, 3.8) is 0 Å². The van der Waals surface area contributed by atoms with Crippen LogP contribution in [0.3, 0.4) is 0 Å². The summed E-state index contributed by atoms with van der Waals surface area (Å²) in [7, 11) is 0. The van der Waals surface area contributed by atoms with Gasteiger partial charge in [0, 0.05) is 30.2 Å². The van der Waals surface area contributed by atoms with Gasteiger partial charge in [0.15, 0.2) is 11.5 Å². The summed E-state index contributed by atoms with van der Waals surface area (Å²) in [5, 5.41) is 19.5. The fraction of sp³-hybridized carbons (Fsp3) is 0.286. The van der Waals surface area contributed by atoms with E-state index in [9.17, 15) is 14.7 Å². The molecule has 5 N–H and O–H groups in total. The first-order chi connectivity index (χ1) is 15.0.